The van der Waals surface area contributed by atoms with Crippen LogP contribution in [0.5, 0.6) is 5.75 Å². The van der Waals surface area contributed by atoms with Gasteiger partial charge in [0, 0.05) is 25.0 Å². The minimum absolute atomic E-state index is 0. The molecular weight excluding hydrogens is 363 g/mol. The molecule has 2 heterocycles. The number of nitrogens with one attached hydrogen (secondary N) is 1. The summed E-state index contributed by atoms with van der Waals surface area (Å²) in [6, 6.07) is 8.75. The largest absolute Gasteiger partial charge is 0.495 e. The van der Waals surface area contributed by atoms with Crippen LogP contribution in [0.25, 0.3) is 0 Å². The van der Waals surface area contributed by atoms with Crippen LogP contribution in [0.15, 0.2) is 36.5 Å². The molecule has 0 aliphatic carbocycles. The number of aromatic nitrogens is 1. The molecule has 3 rings (SSSR count). The highest BCUT2D eigenvalue weighted by atomic mass is 35.5. The first-order valence-electron chi connectivity index (χ1n) is 7.64. The molecule has 6 nitrogen and oxygen atoms in total. The molecule has 3 N–H and O–H groups in total. The topological polar surface area (TPSA) is 80.5 Å². The number of nitrogens with zero attached hydrogens (tertiary/aromatic N) is 2. The third-order valence-electron chi connectivity index (χ3n) is 3.92. The molecule has 1 amide bonds. The third-order valence-corrected chi connectivity index (χ3v) is 3.92. The summed E-state index contributed by atoms with van der Waals surface area (Å²) < 4.78 is 5.12. The minimum atomic E-state index is -0.190. The maximum atomic E-state index is 12.6. The number of methoxy groups -OCH3 is 1. The zero-order valence-electron chi connectivity index (χ0n) is 13.9. The molecule has 0 spiro atoms. The van der Waals surface area contributed by atoms with Gasteiger partial charge in [0.15, 0.2) is 0 Å². The Bertz CT molecular complexity index is 722. The normalized spacial score (nSPS) is 12.8. The van der Waals surface area contributed by atoms with Crippen molar-refractivity contribution in [3.63, 3.8) is 0 Å². The molecule has 0 radical (unpaired) electrons. The molecule has 0 atom stereocenters. The number of carbonyl (C=O) groups is 1. The SMILES string of the molecule is COc1ccc(NC(=O)c2cccnc2N2CCCC2)cc1N.Cl.Cl. The average molecular weight is 385 g/mol. The molecule has 136 valence electrons. The second-order valence-corrected chi connectivity index (χ2v) is 5.48. The van der Waals surface area contributed by atoms with E-state index in [2.05, 4.69) is 15.2 Å². The molecule has 1 aromatic heterocycles. The van der Waals surface area contributed by atoms with Crippen molar-refractivity contribution in [2.45, 2.75) is 12.8 Å². The number of amides is 1. The monoisotopic (exact) mass is 384 g/mol. The number of pyridine rings is 1. The summed E-state index contributed by atoms with van der Waals surface area (Å²) in [5.74, 6) is 1.13. The van der Waals surface area contributed by atoms with Gasteiger partial charge in [-0.2, -0.15) is 0 Å². The standard InChI is InChI=1S/C17H20N4O2.2ClH/c1-23-15-7-6-12(11-14(15)18)20-17(22)13-5-4-8-19-16(13)21-9-2-3-10-21;;/h4-8,11H,2-3,9-10,18H2,1H3,(H,20,22);2*1H. The first-order valence-corrected chi connectivity index (χ1v) is 7.64. The van der Waals surface area contributed by atoms with Crippen LogP contribution in [0, 0.1) is 0 Å². The van der Waals surface area contributed by atoms with Crippen LogP contribution in [0.4, 0.5) is 17.2 Å². The fraction of sp³-hybridized carbons (Fsp3) is 0.294. The van der Waals surface area contributed by atoms with Crippen LogP contribution in [-0.2, 0) is 0 Å². The Kier molecular flexibility index (Phi) is 7.80. The van der Waals surface area contributed by atoms with E-state index in [0.717, 1.165) is 31.7 Å². The van der Waals surface area contributed by atoms with Crippen LogP contribution >= 0.6 is 24.8 Å². The summed E-state index contributed by atoms with van der Waals surface area (Å²) in [7, 11) is 1.56. The van der Waals surface area contributed by atoms with Crippen molar-refractivity contribution < 1.29 is 9.53 Å². The van der Waals surface area contributed by atoms with Gasteiger partial charge in [0.25, 0.3) is 5.91 Å². The molecular formula is C17H22Cl2N4O2. The van der Waals surface area contributed by atoms with Crippen molar-refractivity contribution in [1.29, 1.82) is 0 Å². The Morgan fingerprint density at radius 1 is 1.24 bits per heavy atom. The summed E-state index contributed by atoms with van der Waals surface area (Å²) in [6.45, 7) is 1.87. The second-order valence-electron chi connectivity index (χ2n) is 5.48. The number of nitrogens with two attached hydrogens (primary N) is 1. The lowest BCUT2D eigenvalue weighted by molar-refractivity contribution is 0.102. The van der Waals surface area contributed by atoms with Crippen molar-refractivity contribution in [3.05, 3.63) is 42.1 Å². The van der Waals surface area contributed by atoms with Gasteiger partial charge >= 0.3 is 0 Å². The summed E-state index contributed by atoms with van der Waals surface area (Å²) >= 11 is 0. The maximum Gasteiger partial charge on any atom is 0.259 e. The van der Waals surface area contributed by atoms with E-state index in [-0.39, 0.29) is 30.7 Å². The Labute approximate surface area is 159 Å². The van der Waals surface area contributed by atoms with Gasteiger partial charge in [-0.15, -0.1) is 24.8 Å². The number of hydrogen-bond donors (Lipinski definition) is 2. The fourth-order valence-electron chi connectivity index (χ4n) is 2.77. The molecule has 1 aliphatic heterocycles. The van der Waals surface area contributed by atoms with Crippen LogP contribution in [0.2, 0.25) is 0 Å². The summed E-state index contributed by atoms with van der Waals surface area (Å²) in [5, 5.41) is 2.87. The van der Waals surface area contributed by atoms with Crippen molar-refractivity contribution in [2.75, 3.05) is 36.1 Å². The predicted molar refractivity (Wildman–Crippen MR) is 106 cm³/mol. The van der Waals surface area contributed by atoms with Gasteiger partial charge in [-0.3, -0.25) is 4.79 Å². The highest BCUT2D eigenvalue weighted by Gasteiger charge is 2.20. The number of nitrogen functional groups attached to an aromatic ring is 1. The lowest BCUT2D eigenvalue weighted by Crippen LogP contribution is -2.24. The van der Waals surface area contributed by atoms with Crippen molar-refractivity contribution >= 4 is 47.9 Å². The van der Waals surface area contributed by atoms with E-state index in [4.69, 9.17) is 10.5 Å². The number of benzene rings is 1. The zero-order chi connectivity index (χ0) is 16.2. The summed E-state index contributed by atoms with van der Waals surface area (Å²) in [6.07, 6.45) is 3.98. The molecule has 2 aromatic rings. The third kappa shape index (κ3) is 4.67. The first kappa shape index (κ1) is 20.9. The van der Waals surface area contributed by atoms with Gasteiger partial charge in [-0.05, 0) is 43.2 Å². The van der Waals surface area contributed by atoms with Gasteiger partial charge in [0.05, 0.1) is 18.4 Å². The highest BCUT2D eigenvalue weighted by Crippen LogP contribution is 2.26. The molecule has 0 saturated carbocycles. The van der Waals surface area contributed by atoms with Crippen LogP contribution in [0.1, 0.15) is 23.2 Å². The maximum absolute atomic E-state index is 12.6. The van der Waals surface area contributed by atoms with Crippen molar-refractivity contribution in [3.8, 4) is 5.75 Å². The molecule has 1 fully saturated rings. The van der Waals surface area contributed by atoms with E-state index >= 15 is 0 Å². The Hall–Kier alpha value is -2.18. The lowest BCUT2D eigenvalue weighted by atomic mass is 10.2. The minimum Gasteiger partial charge on any atom is -0.495 e. The quantitative estimate of drug-likeness (QED) is 0.789. The van der Waals surface area contributed by atoms with E-state index in [1.54, 1.807) is 43.6 Å². The number of anilines is 3. The number of halogens is 2. The number of rotatable bonds is 4. The van der Waals surface area contributed by atoms with Gasteiger partial charge in [0.2, 0.25) is 0 Å². The van der Waals surface area contributed by atoms with Crippen molar-refractivity contribution in [2.24, 2.45) is 0 Å². The van der Waals surface area contributed by atoms with Crippen LogP contribution < -0.4 is 20.7 Å². The summed E-state index contributed by atoms with van der Waals surface area (Å²) in [5.41, 5.74) is 7.56. The Balaban J connectivity index is 0.00000156. The van der Waals surface area contributed by atoms with E-state index < -0.39 is 0 Å². The van der Waals surface area contributed by atoms with E-state index in [1.165, 1.54) is 0 Å². The van der Waals surface area contributed by atoms with E-state index in [0.29, 0.717) is 22.7 Å². The molecule has 8 heteroatoms. The van der Waals surface area contributed by atoms with E-state index in [9.17, 15) is 4.79 Å². The fourth-order valence-corrected chi connectivity index (χ4v) is 2.77. The van der Waals surface area contributed by atoms with Crippen molar-refractivity contribution in [1.82, 2.24) is 4.98 Å². The van der Waals surface area contributed by atoms with E-state index in [1.807, 2.05) is 0 Å². The van der Waals surface area contributed by atoms with Gasteiger partial charge < -0.3 is 20.7 Å². The molecule has 1 saturated heterocycles. The average Bonchev–Trinajstić information content (AvgIpc) is 3.09. The van der Waals surface area contributed by atoms with Crippen LogP contribution in [-0.4, -0.2) is 31.1 Å². The molecule has 25 heavy (non-hydrogen) atoms. The second kappa shape index (κ2) is 9.34. The zero-order valence-corrected chi connectivity index (χ0v) is 15.5. The summed E-state index contributed by atoms with van der Waals surface area (Å²) in [4.78, 5) is 19.1. The molecule has 1 aromatic carbocycles. The number of hydrogen-bond acceptors (Lipinski definition) is 5. The molecule has 0 bridgehead atoms. The Morgan fingerprint density at radius 2 is 1.96 bits per heavy atom. The number of ether oxygens (including phenoxy) is 1. The Morgan fingerprint density at radius 3 is 2.60 bits per heavy atom. The molecule has 1 aliphatic rings. The van der Waals surface area contributed by atoms with Gasteiger partial charge in [-0.1, -0.05) is 0 Å². The lowest BCUT2D eigenvalue weighted by Gasteiger charge is -2.19. The highest BCUT2D eigenvalue weighted by molar-refractivity contribution is 6.07. The molecule has 0 unspecified atom stereocenters. The van der Waals surface area contributed by atoms with Gasteiger partial charge in [0.1, 0.15) is 11.6 Å². The number of carbonyl (C=O) groups excluding carboxylic acids is 1. The van der Waals surface area contributed by atoms with Gasteiger partial charge in [-0.25, -0.2) is 4.98 Å². The van der Waals surface area contributed by atoms with Crippen LogP contribution in [0.3, 0.4) is 0 Å². The predicted octanol–water partition coefficient (Wildman–Crippen LogP) is 3.37. The first-order chi connectivity index (χ1) is 11.2. The smallest absolute Gasteiger partial charge is 0.259 e.